The van der Waals surface area contributed by atoms with Gasteiger partial charge in [0.05, 0.1) is 25.4 Å². The number of anilines is 1. The summed E-state index contributed by atoms with van der Waals surface area (Å²) in [6, 6.07) is 4.86. The summed E-state index contributed by atoms with van der Waals surface area (Å²) in [6.07, 6.45) is 3.18. The average Bonchev–Trinajstić information content (AvgIpc) is 2.65. The Hall–Kier alpha value is -2.65. The van der Waals surface area contributed by atoms with Gasteiger partial charge in [0.2, 0.25) is 5.95 Å². The fourth-order valence-electron chi connectivity index (χ4n) is 3.18. The second-order valence-electron chi connectivity index (χ2n) is 6.90. The molecule has 148 valence electrons. The highest BCUT2D eigenvalue weighted by molar-refractivity contribution is 5.98. The van der Waals surface area contributed by atoms with Crippen LogP contribution in [0.4, 0.5) is 14.7 Å². The van der Waals surface area contributed by atoms with Crippen LogP contribution in [0.3, 0.4) is 0 Å². The van der Waals surface area contributed by atoms with E-state index in [0.29, 0.717) is 49.8 Å². The highest BCUT2D eigenvalue weighted by Gasteiger charge is 2.30. The van der Waals surface area contributed by atoms with Crippen molar-refractivity contribution in [2.45, 2.75) is 12.7 Å². The average molecular weight is 389 g/mol. The van der Waals surface area contributed by atoms with Crippen molar-refractivity contribution in [3.63, 3.8) is 0 Å². The molecule has 0 bridgehead atoms. The van der Waals surface area contributed by atoms with Crippen LogP contribution in [0.1, 0.15) is 5.56 Å². The summed E-state index contributed by atoms with van der Waals surface area (Å²) in [5.74, 6) is 0.0807. The summed E-state index contributed by atoms with van der Waals surface area (Å²) in [4.78, 5) is 18.0. The largest absolute Gasteiger partial charge is 0.392 e. The molecule has 1 aromatic heterocycles. The molecule has 2 aliphatic heterocycles. The van der Waals surface area contributed by atoms with Crippen LogP contribution in [0.5, 0.6) is 0 Å². The van der Waals surface area contributed by atoms with Gasteiger partial charge >= 0.3 is 0 Å². The normalized spacial score (nSPS) is 17.2. The summed E-state index contributed by atoms with van der Waals surface area (Å²) < 4.78 is 26.5. The topological polar surface area (TPSA) is 74.1 Å². The number of likely N-dealkylation sites (tertiary alicyclic amines) is 1. The highest BCUT2D eigenvalue weighted by atomic mass is 19.1. The SMILES string of the molecule is OCc1cccc(-c2cnc(N3CC(=NOC4CN(CCF)C4)C3)nc2)c1F. The first-order valence-corrected chi connectivity index (χ1v) is 9.13. The van der Waals surface area contributed by atoms with E-state index in [0.717, 1.165) is 5.71 Å². The molecule has 2 aromatic rings. The Labute approximate surface area is 161 Å². The lowest BCUT2D eigenvalue weighted by atomic mass is 10.1. The minimum Gasteiger partial charge on any atom is -0.392 e. The van der Waals surface area contributed by atoms with Gasteiger partial charge in [-0.3, -0.25) is 4.90 Å². The minimum atomic E-state index is -0.460. The van der Waals surface area contributed by atoms with Crippen LogP contribution in [-0.4, -0.2) is 71.2 Å². The molecule has 2 aliphatic rings. The molecule has 0 radical (unpaired) electrons. The van der Waals surface area contributed by atoms with Gasteiger partial charge in [-0.2, -0.15) is 0 Å². The number of oxime groups is 1. The van der Waals surface area contributed by atoms with Gasteiger partial charge < -0.3 is 14.8 Å². The number of nitrogens with zero attached hydrogens (tertiary/aromatic N) is 5. The Morgan fingerprint density at radius 3 is 2.64 bits per heavy atom. The Morgan fingerprint density at radius 2 is 1.96 bits per heavy atom. The Kier molecular flexibility index (Phi) is 5.45. The smallest absolute Gasteiger partial charge is 0.225 e. The molecule has 1 N–H and O–H groups in total. The quantitative estimate of drug-likeness (QED) is 0.726. The third-order valence-corrected chi connectivity index (χ3v) is 4.88. The second-order valence-corrected chi connectivity index (χ2v) is 6.90. The Balaban J connectivity index is 1.31. The van der Waals surface area contributed by atoms with Crippen molar-refractivity contribution in [3.8, 4) is 11.1 Å². The molecule has 2 fully saturated rings. The molecule has 1 aromatic carbocycles. The van der Waals surface area contributed by atoms with E-state index in [2.05, 4.69) is 15.1 Å². The predicted octanol–water partition coefficient (Wildman–Crippen LogP) is 1.62. The van der Waals surface area contributed by atoms with E-state index in [9.17, 15) is 13.9 Å². The zero-order valence-electron chi connectivity index (χ0n) is 15.3. The molecule has 7 nitrogen and oxygen atoms in total. The number of halogens is 2. The summed E-state index contributed by atoms with van der Waals surface area (Å²) >= 11 is 0. The molecule has 3 heterocycles. The predicted molar refractivity (Wildman–Crippen MR) is 100 cm³/mol. The lowest BCUT2D eigenvalue weighted by Crippen LogP contribution is -2.53. The van der Waals surface area contributed by atoms with Crippen LogP contribution in [0, 0.1) is 5.82 Å². The minimum absolute atomic E-state index is 0.0354. The van der Waals surface area contributed by atoms with Gasteiger partial charge in [-0.1, -0.05) is 23.4 Å². The van der Waals surface area contributed by atoms with Gasteiger partial charge in [-0.05, 0) is 0 Å². The summed E-state index contributed by atoms with van der Waals surface area (Å²) in [7, 11) is 0. The first-order valence-electron chi connectivity index (χ1n) is 9.13. The van der Waals surface area contributed by atoms with E-state index in [1.165, 1.54) is 0 Å². The molecule has 0 saturated carbocycles. The number of hydrogen-bond acceptors (Lipinski definition) is 7. The first kappa shape index (κ1) is 18.7. The number of aliphatic hydroxyl groups excluding tert-OH is 1. The van der Waals surface area contributed by atoms with Crippen molar-refractivity contribution in [1.29, 1.82) is 0 Å². The van der Waals surface area contributed by atoms with Crippen molar-refractivity contribution in [3.05, 3.63) is 42.0 Å². The lowest BCUT2D eigenvalue weighted by Gasteiger charge is -2.37. The Bertz CT molecular complexity index is 848. The van der Waals surface area contributed by atoms with Crippen LogP contribution in [-0.2, 0) is 11.4 Å². The molecule has 9 heteroatoms. The third-order valence-electron chi connectivity index (χ3n) is 4.88. The molecule has 28 heavy (non-hydrogen) atoms. The van der Waals surface area contributed by atoms with E-state index in [-0.39, 0.29) is 24.9 Å². The summed E-state index contributed by atoms with van der Waals surface area (Å²) in [5, 5.41) is 13.3. The molecule has 0 atom stereocenters. The summed E-state index contributed by atoms with van der Waals surface area (Å²) in [5.41, 5.74) is 2.06. The van der Waals surface area contributed by atoms with Gasteiger partial charge in [0.1, 0.15) is 12.5 Å². The van der Waals surface area contributed by atoms with Gasteiger partial charge in [-0.15, -0.1) is 0 Å². The molecule has 0 unspecified atom stereocenters. The van der Waals surface area contributed by atoms with E-state index in [1.807, 2.05) is 9.80 Å². The van der Waals surface area contributed by atoms with Gasteiger partial charge in [0, 0.05) is 48.7 Å². The molecule has 0 aliphatic carbocycles. The monoisotopic (exact) mass is 389 g/mol. The van der Waals surface area contributed by atoms with E-state index in [1.54, 1.807) is 30.6 Å². The Morgan fingerprint density at radius 1 is 1.21 bits per heavy atom. The van der Waals surface area contributed by atoms with Crippen LogP contribution in [0.2, 0.25) is 0 Å². The maximum atomic E-state index is 14.3. The number of hydrogen-bond donors (Lipinski definition) is 1. The standard InChI is InChI=1S/C19H21F2N5O2/c20-4-5-25-10-16(11-25)28-24-15-8-26(9-15)19-22-6-14(7-23-19)17-3-1-2-13(12-27)18(17)21/h1-3,6-7,16,27H,4-5,8-12H2. The van der Waals surface area contributed by atoms with E-state index >= 15 is 0 Å². The van der Waals surface area contributed by atoms with Crippen molar-refractivity contribution in [2.24, 2.45) is 5.16 Å². The van der Waals surface area contributed by atoms with Crippen LogP contribution in [0.15, 0.2) is 35.7 Å². The third kappa shape index (κ3) is 3.81. The van der Waals surface area contributed by atoms with Crippen LogP contribution in [0.25, 0.3) is 11.1 Å². The molecule has 2 saturated heterocycles. The number of aromatic nitrogens is 2. The van der Waals surface area contributed by atoms with Gasteiger partial charge in [-0.25, -0.2) is 18.7 Å². The number of benzene rings is 1. The van der Waals surface area contributed by atoms with E-state index < -0.39 is 5.82 Å². The lowest BCUT2D eigenvalue weighted by molar-refractivity contribution is -0.0543. The number of rotatable bonds is 7. The van der Waals surface area contributed by atoms with Crippen molar-refractivity contribution in [1.82, 2.24) is 14.9 Å². The fraction of sp³-hybridized carbons (Fsp3) is 0.421. The first-order chi connectivity index (χ1) is 13.7. The molecule has 0 amide bonds. The molecular formula is C19H21F2N5O2. The maximum absolute atomic E-state index is 14.3. The van der Waals surface area contributed by atoms with Crippen LogP contribution >= 0.6 is 0 Å². The number of aliphatic hydroxyl groups is 1. The highest BCUT2D eigenvalue weighted by Crippen LogP contribution is 2.25. The molecular weight excluding hydrogens is 368 g/mol. The zero-order valence-corrected chi connectivity index (χ0v) is 15.3. The van der Waals surface area contributed by atoms with Crippen molar-refractivity contribution < 1.29 is 18.7 Å². The van der Waals surface area contributed by atoms with Crippen molar-refractivity contribution in [2.75, 3.05) is 44.3 Å². The zero-order chi connectivity index (χ0) is 19.5. The van der Waals surface area contributed by atoms with Crippen LogP contribution < -0.4 is 4.90 Å². The fourth-order valence-corrected chi connectivity index (χ4v) is 3.18. The van der Waals surface area contributed by atoms with Gasteiger partial charge in [0.15, 0.2) is 6.10 Å². The van der Waals surface area contributed by atoms with Gasteiger partial charge in [0.25, 0.3) is 0 Å². The number of alkyl halides is 1. The van der Waals surface area contributed by atoms with Crippen molar-refractivity contribution >= 4 is 11.7 Å². The maximum Gasteiger partial charge on any atom is 0.225 e. The second kappa shape index (κ2) is 8.15. The molecule has 4 rings (SSSR count). The molecule has 0 spiro atoms. The van der Waals surface area contributed by atoms with E-state index in [4.69, 9.17) is 4.84 Å². The summed E-state index contributed by atoms with van der Waals surface area (Å²) in [6.45, 7) is 2.33.